The first-order chi connectivity index (χ1) is 12.9. The summed E-state index contributed by atoms with van der Waals surface area (Å²) in [6.45, 7) is -0.121. The summed E-state index contributed by atoms with van der Waals surface area (Å²) in [5, 5.41) is 9.13. The first-order valence-corrected chi connectivity index (χ1v) is 9.32. The van der Waals surface area contributed by atoms with Crippen molar-refractivity contribution in [3.63, 3.8) is 0 Å². The molecule has 2 aromatic rings. The molecule has 0 fully saturated rings. The highest BCUT2D eigenvalue weighted by Gasteiger charge is 2.40. The molecule has 0 unspecified atom stereocenters. The van der Waals surface area contributed by atoms with Crippen molar-refractivity contribution >= 4 is 40.5 Å². The number of carbonyl (C=O) groups is 2. The molecule has 2 aromatic carbocycles. The molecule has 0 spiro atoms. The van der Waals surface area contributed by atoms with Crippen LogP contribution in [0.1, 0.15) is 5.56 Å². The lowest BCUT2D eigenvalue weighted by Crippen LogP contribution is -2.31. The minimum absolute atomic E-state index is 0.121. The Hall–Kier alpha value is -2.64. The zero-order valence-corrected chi connectivity index (χ0v) is 15.8. The van der Waals surface area contributed by atoms with Crippen molar-refractivity contribution in [3.8, 4) is 0 Å². The molecule has 5 nitrogen and oxygen atoms in total. The average molecular weight is 386 g/mol. The molecule has 1 aliphatic heterocycles. The Labute approximate surface area is 161 Å². The molecule has 7 heteroatoms. The van der Waals surface area contributed by atoms with E-state index in [-0.39, 0.29) is 22.8 Å². The van der Waals surface area contributed by atoms with Gasteiger partial charge < -0.3 is 10.0 Å². The normalized spacial score (nSPS) is 14.3. The van der Waals surface area contributed by atoms with Crippen LogP contribution in [-0.4, -0.2) is 43.4 Å². The predicted octanol–water partition coefficient (Wildman–Crippen LogP) is 2.90. The molecule has 0 aliphatic carbocycles. The number of benzene rings is 2. The maximum atomic E-state index is 13.3. The van der Waals surface area contributed by atoms with Crippen LogP contribution in [0.4, 0.5) is 15.8 Å². The van der Waals surface area contributed by atoms with Crippen molar-refractivity contribution in [3.05, 3.63) is 64.8 Å². The highest BCUT2D eigenvalue weighted by atomic mass is 32.2. The summed E-state index contributed by atoms with van der Waals surface area (Å²) in [5.74, 6) is -1.02. The van der Waals surface area contributed by atoms with Crippen molar-refractivity contribution < 1.29 is 19.1 Å². The number of aliphatic hydroxyl groups excluding tert-OH is 1. The van der Waals surface area contributed by atoms with E-state index in [1.165, 1.54) is 24.3 Å². The number of imide groups is 1. The number of thioether (sulfide) groups is 1. The van der Waals surface area contributed by atoms with Crippen LogP contribution in [0.25, 0.3) is 5.57 Å². The third-order valence-corrected chi connectivity index (χ3v) is 5.19. The maximum absolute atomic E-state index is 13.3. The predicted molar refractivity (Wildman–Crippen MR) is 106 cm³/mol. The second kappa shape index (κ2) is 7.94. The van der Waals surface area contributed by atoms with Gasteiger partial charge in [-0.1, -0.05) is 12.1 Å². The van der Waals surface area contributed by atoms with Crippen LogP contribution in [0.3, 0.4) is 0 Å². The van der Waals surface area contributed by atoms with Gasteiger partial charge in [0.15, 0.2) is 0 Å². The number of carbonyl (C=O) groups excluding carboxylic acids is 2. The van der Waals surface area contributed by atoms with Crippen LogP contribution >= 0.6 is 11.8 Å². The van der Waals surface area contributed by atoms with Crippen LogP contribution in [0.2, 0.25) is 0 Å². The Morgan fingerprint density at radius 1 is 1.00 bits per heavy atom. The van der Waals surface area contributed by atoms with Gasteiger partial charge in [0.05, 0.1) is 22.8 Å². The number of hydrogen-bond acceptors (Lipinski definition) is 5. The lowest BCUT2D eigenvalue weighted by atomic mass is 10.1. The van der Waals surface area contributed by atoms with E-state index in [1.807, 2.05) is 31.1 Å². The fraction of sp³-hybridized carbons (Fsp3) is 0.200. The number of halogens is 1. The number of anilines is 2. The van der Waals surface area contributed by atoms with Gasteiger partial charge in [-0.05, 0) is 42.0 Å². The van der Waals surface area contributed by atoms with Gasteiger partial charge in [-0.3, -0.25) is 9.59 Å². The number of hydrogen-bond donors (Lipinski definition) is 1. The van der Waals surface area contributed by atoms with Crippen LogP contribution in [-0.2, 0) is 9.59 Å². The molecule has 2 amide bonds. The molecule has 0 bridgehead atoms. The molecule has 27 heavy (non-hydrogen) atoms. The van der Waals surface area contributed by atoms with Gasteiger partial charge in [0.25, 0.3) is 11.8 Å². The fourth-order valence-corrected chi connectivity index (χ4v) is 3.66. The number of nitrogens with zero attached hydrogens (tertiary/aromatic N) is 2. The quantitative estimate of drug-likeness (QED) is 0.774. The van der Waals surface area contributed by atoms with E-state index in [1.54, 1.807) is 12.1 Å². The molecule has 1 N–H and O–H groups in total. The fourth-order valence-electron chi connectivity index (χ4n) is 2.80. The summed E-state index contributed by atoms with van der Waals surface area (Å²) in [6.07, 6.45) is 0. The minimum Gasteiger partial charge on any atom is -0.396 e. The van der Waals surface area contributed by atoms with E-state index in [9.17, 15) is 14.0 Å². The van der Waals surface area contributed by atoms with Gasteiger partial charge in [-0.15, -0.1) is 11.8 Å². The van der Waals surface area contributed by atoms with Gasteiger partial charge in [0.2, 0.25) is 0 Å². The number of rotatable bonds is 6. The highest BCUT2D eigenvalue weighted by molar-refractivity contribution is 8.04. The molecular formula is C20H19FN2O3S. The van der Waals surface area contributed by atoms with Crippen LogP contribution in [0, 0.1) is 5.82 Å². The summed E-state index contributed by atoms with van der Waals surface area (Å²) in [5.41, 5.74) is 2.12. The summed E-state index contributed by atoms with van der Waals surface area (Å²) >= 11 is 1.13. The van der Waals surface area contributed by atoms with Crippen LogP contribution < -0.4 is 9.80 Å². The van der Waals surface area contributed by atoms with Gasteiger partial charge >= 0.3 is 0 Å². The molecule has 0 saturated heterocycles. The Morgan fingerprint density at radius 2 is 1.63 bits per heavy atom. The first-order valence-electron chi connectivity index (χ1n) is 8.34. The van der Waals surface area contributed by atoms with Crippen molar-refractivity contribution in [2.75, 3.05) is 36.3 Å². The Bertz CT molecular complexity index is 892. The van der Waals surface area contributed by atoms with Crippen molar-refractivity contribution in [1.29, 1.82) is 0 Å². The van der Waals surface area contributed by atoms with E-state index in [4.69, 9.17) is 5.11 Å². The molecule has 1 aliphatic rings. The lowest BCUT2D eigenvalue weighted by Gasteiger charge is -2.17. The van der Waals surface area contributed by atoms with Crippen molar-refractivity contribution in [1.82, 2.24) is 0 Å². The van der Waals surface area contributed by atoms with E-state index < -0.39 is 17.6 Å². The second-order valence-corrected chi connectivity index (χ2v) is 7.24. The summed E-state index contributed by atoms with van der Waals surface area (Å²) in [6, 6.07) is 12.5. The second-order valence-electron chi connectivity index (χ2n) is 6.14. The number of aliphatic hydroxyl groups is 1. The SMILES string of the molecule is CN(C)c1ccc(N2C(=O)C(SCCO)=C(c3ccc(F)cc3)C2=O)cc1. The summed E-state index contributed by atoms with van der Waals surface area (Å²) < 4.78 is 13.3. The molecular weight excluding hydrogens is 367 g/mol. The minimum atomic E-state index is -0.454. The third kappa shape index (κ3) is 3.74. The molecule has 0 aromatic heterocycles. The lowest BCUT2D eigenvalue weighted by molar-refractivity contribution is -0.119. The monoisotopic (exact) mass is 386 g/mol. The molecule has 1 heterocycles. The van der Waals surface area contributed by atoms with Gasteiger partial charge in [-0.2, -0.15) is 0 Å². The molecule has 0 radical (unpaired) electrons. The largest absolute Gasteiger partial charge is 0.396 e. The van der Waals surface area contributed by atoms with Crippen molar-refractivity contribution in [2.24, 2.45) is 0 Å². The van der Waals surface area contributed by atoms with Gasteiger partial charge in [0, 0.05) is 25.5 Å². The van der Waals surface area contributed by atoms with E-state index in [0.717, 1.165) is 22.3 Å². The van der Waals surface area contributed by atoms with E-state index >= 15 is 0 Å². The van der Waals surface area contributed by atoms with E-state index in [0.29, 0.717) is 11.3 Å². The Kier molecular flexibility index (Phi) is 5.62. The average Bonchev–Trinajstić information content (AvgIpc) is 2.90. The van der Waals surface area contributed by atoms with E-state index in [2.05, 4.69) is 0 Å². The molecule has 3 rings (SSSR count). The first kappa shape index (κ1) is 19.1. The smallest absolute Gasteiger partial charge is 0.272 e. The maximum Gasteiger partial charge on any atom is 0.272 e. The van der Waals surface area contributed by atoms with Crippen molar-refractivity contribution in [2.45, 2.75) is 0 Å². The van der Waals surface area contributed by atoms with Gasteiger partial charge in [0.1, 0.15) is 5.82 Å². The summed E-state index contributed by atoms with van der Waals surface area (Å²) in [7, 11) is 3.80. The zero-order chi connectivity index (χ0) is 19.6. The van der Waals surface area contributed by atoms with Crippen LogP contribution in [0.5, 0.6) is 0 Å². The Balaban J connectivity index is 2.01. The van der Waals surface area contributed by atoms with Gasteiger partial charge in [-0.25, -0.2) is 9.29 Å². The molecule has 0 atom stereocenters. The zero-order valence-electron chi connectivity index (χ0n) is 15.0. The number of amides is 2. The summed E-state index contributed by atoms with van der Waals surface area (Å²) in [4.78, 5) is 29.3. The third-order valence-electron chi connectivity index (χ3n) is 4.14. The topological polar surface area (TPSA) is 60.9 Å². The van der Waals surface area contributed by atoms with Crippen LogP contribution in [0.15, 0.2) is 53.4 Å². The standard InChI is InChI=1S/C20H19FN2O3S/c1-22(2)15-7-9-16(10-8-15)23-19(25)17(13-3-5-14(21)6-4-13)18(20(23)26)27-12-11-24/h3-10,24H,11-12H2,1-2H3. The highest BCUT2D eigenvalue weighted by Crippen LogP contribution is 2.38. The molecule has 0 saturated carbocycles. The molecule has 140 valence electrons. The Morgan fingerprint density at radius 3 is 2.19 bits per heavy atom.